The Bertz CT molecular complexity index is 1080. The van der Waals surface area contributed by atoms with Crippen LogP contribution in [0.15, 0.2) is 97.1 Å². The Morgan fingerprint density at radius 1 is 0.667 bits per heavy atom. The largest absolute Gasteiger partial charge is 0.497 e. The van der Waals surface area contributed by atoms with E-state index in [0.717, 1.165) is 22.6 Å². The van der Waals surface area contributed by atoms with Gasteiger partial charge in [0.25, 0.3) is 0 Å². The molecule has 3 heteroatoms. The first kappa shape index (κ1) is 20.5. The van der Waals surface area contributed by atoms with E-state index in [2.05, 4.69) is 108 Å². The fourth-order valence-corrected chi connectivity index (χ4v) is 4.93. The predicted octanol–water partition coefficient (Wildman–Crippen LogP) is 7.16. The van der Waals surface area contributed by atoms with E-state index in [-0.39, 0.29) is 5.92 Å². The number of hydrogen-bond acceptors (Lipinski definition) is 2. The van der Waals surface area contributed by atoms with Crippen LogP contribution in [0.4, 0.5) is 0 Å². The summed E-state index contributed by atoms with van der Waals surface area (Å²) in [6, 6.07) is 33.7. The van der Waals surface area contributed by atoms with Gasteiger partial charge in [-0.1, -0.05) is 78.9 Å². The van der Waals surface area contributed by atoms with Crippen molar-refractivity contribution in [2.24, 2.45) is 0 Å². The number of ether oxygens (including phenoxy) is 2. The van der Waals surface area contributed by atoms with Gasteiger partial charge in [-0.25, -0.2) is 0 Å². The lowest BCUT2D eigenvalue weighted by atomic mass is 9.84. The molecule has 0 aromatic heterocycles. The van der Waals surface area contributed by atoms with Gasteiger partial charge in [0.2, 0.25) is 0 Å². The Kier molecular flexibility index (Phi) is 6.38. The Balaban J connectivity index is 1.95. The zero-order chi connectivity index (χ0) is 20.9. The molecule has 0 radical (unpaired) electrons. The van der Waals surface area contributed by atoms with Crippen molar-refractivity contribution in [1.82, 2.24) is 0 Å². The average molecular weight is 506 g/mol. The molecule has 0 unspecified atom stereocenters. The molecule has 4 aromatic carbocycles. The summed E-state index contributed by atoms with van der Waals surface area (Å²) in [4.78, 5) is 0. The van der Waals surface area contributed by atoms with E-state index in [1.54, 1.807) is 14.2 Å². The van der Waals surface area contributed by atoms with E-state index >= 15 is 0 Å². The van der Waals surface area contributed by atoms with Crippen molar-refractivity contribution in [2.75, 3.05) is 14.2 Å². The van der Waals surface area contributed by atoms with Gasteiger partial charge in [-0.3, -0.25) is 0 Å². The molecular weight excluding hydrogens is 483 g/mol. The second-order valence-corrected chi connectivity index (χ2v) is 8.11. The summed E-state index contributed by atoms with van der Waals surface area (Å²) in [5.74, 6) is 1.82. The van der Waals surface area contributed by atoms with E-state index < -0.39 is 0 Å². The van der Waals surface area contributed by atoms with Crippen LogP contribution in [0.2, 0.25) is 0 Å². The molecule has 30 heavy (non-hydrogen) atoms. The molecule has 0 fully saturated rings. The van der Waals surface area contributed by atoms with Gasteiger partial charge in [-0.05, 0) is 63.0 Å². The van der Waals surface area contributed by atoms with Crippen LogP contribution >= 0.6 is 22.6 Å². The molecule has 0 amide bonds. The van der Waals surface area contributed by atoms with Crippen molar-refractivity contribution < 1.29 is 9.47 Å². The van der Waals surface area contributed by atoms with Crippen LogP contribution in [0.25, 0.3) is 11.1 Å². The monoisotopic (exact) mass is 506 g/mol. The maximum Gasteiger partial charge on any atom is 0.127 e. The van der Waals surface area contributed by atoms with Crippen LogP contribution in [0.3, 0.4) is 0 Å². The van der Waals surface area contributed by atoms with Crippen molar-refractivity contribution in [3.63, 3.8) is 0 Å². The van der Waals surface area contributed by atoms with Gasteiger partial charge in [-0.2, -0.15) is 0 Å². The molecule has 150 valence electrons. The van der Waals surface area contributed by atoms with Crippen LogP contribution in [-0.4, -0.2) is 14.2 Å². The summed E-state index contributed by atoms with van der Waals surface area (Å²) in [5.41, 5.74) is 5.96. The van der Waals surface area contributed by atoms with Crippen molar-refractivity contribution in [2.45, 2.75) is 5.92 Å². The molecule has 0 atom stereocenters. The molecule has 0 aliphatic rings. The van der Waals surface area contributed by atoms with Crippen LogP contribution in [-0.2, 0) is 0 Å². The van der Waals surface area contributed by atoms with Crippen molar-refractivity contribution in [3.05, 3.63) is 117 Å². The Hall–Kier alpha value is -2.79. The van der Waals surface area contributed by atoms with Crippen molar-refractivity contribution >= 4 is 22.6 Å². The zero-order valence-corrected chi connectivity index (χ0v) is 19.2. The molecule has 4 aromatic rings. The van der Waals surface area contributed by atoms with E-state index in [9.17, 15) is 0 Å². The highest BCUT2D eigenvalue weighted by atomic mass is 127. The van der Waals surface area contributed by atoms with E-state index in [1.807, 2.05) is 12.1 Å². The first-order valence-electron chi connectivity index (χ1n) is 9.83. The molecule has 4 rings (SSSR count). The Morgan fingerprint density at radius 2 is 1.30 bits per heavy atom. The molecule has 0 aliphatic carbocycles. The van der Waals surface area contributed by atoms with E-state index in [1.165, 1.54) is 20.3 Å². The van der Waals surface area contributed by atoms with Gasteiger partial charge in [0, 0.05) is 15.1 Å². The Labute approximate surface area is 191 Å². The fourth-order valence-electron chi connectivity index (χ4n) is 3.86. The zero-order valence-electron chi connectivity index (χ0n) is 17.0. The number of benzene rings is 4. The molecule has 0 aliphatic heterocycles. The summed E-state index contributed by atoms with van der Waals surface area (Å²) in [5, 5.41) is 0. The lowest BCUT2D eigenvalue weighted by Gasteiger charge is -2.23. The van der Waals surface area contributed by atoms with E-state index in [0.29, 0.717) is 0 Å². The lowest BCUT2D eigenvalue weighted by molar-refractivity contribution is 0.413. The summed E-state index contributed by atoms with van der Waals surface area (Å²) < 4.78 is 12.4. The second kappa shape index (κ2) is 9.35. The van der Waals surface area contributed by atoms with Gasteiger partial charge in [0.05, 0.1) is 14.2 Å². The standard InChI is InChI=1S/C27H23IO2/c1-29-22-15-9-14-21(18-22)26-24(30-2)17-16-23(27(26)28)25(19-10-5-3-6-11-19)20-12-7-4-8-13-20/h3-18,25H,1-2H3. The third-order valence-corrected chi connectivity index (χ3v) is 6.45. The molecule has 0 N–H and O–H groups in total. The highest BCUT2D eigenvalue weighted by molar-refractivity contribution is 14.1. The van der Waals surface area contributed by atoms with Crippen LogP contribution in [0.1, 0.15) is 22.6 Å². The number of halogens is 1. The highest BCUT2D eigenvalue weighted by Crippen LogP contribution is 2.42. The fraction of sp³-hybridized carbons (Fsp3) is 0.111. The van der Waals surface area contributed by atoms with Gasteiger partial charge in [0.15, 0.2) is 0 Å². The van der Waals surface area contributed by atoms with Gasteiger partial charge in [-0.15, -0.1) is 0 Å². The maximum atomic E-state index is 5.75. The smallest absolute Gasteiger partial charge is 0.127 e. The minimum Gasteiger partial charge on any atom is -0.497 e. The molecule has 0 saturated carbocycles. The van der Waals surface area contributed by atoms with Crippen LogP contribution < -0.4 is 9.47 Å². The second-order valence-electron chi connectivity index (χ2n) is 7.03. The quantitative estimate of drug-likeness (QED) is 0.204. The average Bonchev–Trinajstić information content (AvgIpc) is 2.81. The van der Waals surface area contributed by atoms with Crippen molar-refractivity contribution in [1.29, 1.82) is 0 Å². The minimum atomic E-state index is 0.134. The maximum absolute atomic E-state index is 5.75. The summed E-state index contributed by atoms with van der Waals surface area (Å²) in [6.07, 6.45) is 0. The number of hydrogen-bond donors (Lipinski definition) is 0. The lowest BCUT2D eigenvalue weighted by Crippen LogP contribution is -2.07. The normalized spacial score (nSPS) is 10.8. The molecular formula is C27H23IO2. The third-order valence-electron chi connectivity index (χ3n) is 5.29. The third kappa shape index (κ3) is 4.08. The molecule has 0 heterocycles. The molecule has 0 spiro atoms. The van der Waals surface area contributed by atoms with Gasteiger partial charge >= 0.3 is 0 Å². The van der Waals surface area contributed by atoms with Gasteiger partial charge < -0.3 is 9.47 Å². The topological polar surface area (TPSA) is 18.5 Å². The number of methoxy groups -OCH3 is 2. The SMILES string of the molecule is COc1cccc(-c2c(OC)ccc(C(c3ccccc3)c3ccccc3)c2I)c1. The first-order chi connectivity index (χ1) is 14.7. The minimum absolute atomic E-state index is 0.134. The molecule has 0 bridgehead atoms. The highest BCUT2D eigenvalue weighted by Gasteiger charge is 2.23. The van der Waals surface area contributed by atoms with Gasteiger partial charge in [0.1, 0.15) is 11.5 Å². The first-order valence-corrected chi connectivity index (χ1v) is 10.9. The molecule has 2 nitrogen and oxygen atoms in total. The number of rotatable bonds is 6. The van der Waals surface area contributed by atoms with E-state index in [4.69, 9.17) is 9.47 Å². The van der Waals surface area contributed by atoms with Crippen LogP contribution in [0.5, 0.6) is 11.5 Å². The Morgan fingerprint density at radius 3 is 1.87 bits per heavy atom. The van der Waals surface area contributed by atoms with Crippen molar-refractivity contribution in [3.8, 4) is 22.6 Å². The van der Waals surface area contributed by atoms with Crippen LogP contribution in [0, 0.1) is 3.57 Å². The summed E-state index contributed by atoms with van der Waals surface area (Å²) >= 11 is 2.47. The summed E-state index contributed by atoms with van der Waals surface area (Å²) in [7, 11) is 3.42. The summed E-state index contributed by atoms with van der Waals surface area (Å²) in [6.45, 7) is 0. The molecule has 0 saturated heterocycles. The predicted molar refractivity (Wildman–Crippen MR) is 132 cm³/mol.